The van der Waals surface area contributed by atoms with Crippen molar-refractivity contribution in [1.82, 2.24) is 0 Å². The normalized spacial score (nSPS) is 13.0. The summed E-state index contributed by atoms with van der Waals surface area (Å²) in [5.41, 5.74) is 5.37. The summed E-state index contributed by atoms with van der Waals surface area (Å²) in [6.45, 7) is 2.86. The van der Waals surface area contributed by atoms with E-state index < -0.39 is 0 Å². The molecule has 0 aliphatic rings. The van der Waals surface area contributed by atoms with Crippen molar-refractivity contribution < 1.29 is 5.11 Å². The van der Waals surface area contributed by atoms with Gasteiger partial charge in [0, 0.05) is 0 Å². The number of hydrogen-bond donors (Lipinski definition) is 2. The molecule has 3 N–H and O–H groups in total. The van der Waals surface area contributed by atoms with Crippen molar-refractivity contribution in [2.45, 2.75) is 77.2 Å². The third kappa shape index (κ3) is 11.8. The molecule has 0 bridgehead atoms. The summed E-state index contributed by atoms with van der Waals surface area (Å²) in [5, 5.41) is 9.44. The standard InChI is InChI=1S/C13H29NO/c1-2-3-4-5-6-7-8-9-10-13(15)11-12-14/h13,15H,2-12,14H2,1H3. The van der Waals surface area contributed by atoms with E-state index in [0.717, 1.165) is 19.3 Å². The van der Waals surface area contributed by atoms with Crippen LogP contribution in [-0.2, 0) is 0 Å². The SMILES string of the molecule is CCCCCCCCCCC(O)CCN. The van der Waals surface area contributed by atoms with Crippen LogP contribution in [0.25, 0.3) is 0 Å². The van der Waals surface area contributed by atoms with Crippen molar-refractivity contribution in [2.24, 2.45) is 5.73 Å². The molecular weight excluding hydrogens is 186 g/mol. The monoisotopic (exact) mass is 215 g/mol. The first-order valence-corrected chi connectivity index (χ1v) is 6.69. The van der Waals surface area contributed by atoms with Crippen molar-refractivity contribution in [3.8, 4) is 0 Å². The minimum absolute atomic E-state index is 0.157. The second kappa shape index (κ2) is 12.0. The maximum Gasteiger partial charge on any atom is 0.0552 e. The molecule has 0 saturated carbocycles. The predicted molar refractivity (Wildman–Crippen MR) is 66.9 cm³/mol. The predicted octanol–water partition coefficient (Wildman–Crippen LogP) is 3.23. The van der Waals surface area contributed by atoms with Crippen LogP contribution in [-0.4, -0.2) is 17.8 Å². The van der Waals surface area contributed by atoms with Gasteiger partial charge in [-0.25, -0.2) is 0 Å². The van der Waals surface area contributed by atoms with E-state index in [9.17, 15) is 5.11 Å². The van der Waals surface area contributed by atoms with Gasteiger partial charge in [-0.1, -0.05) is 58.3 Å². The lowest BCUT2D eigenvalue weighted by Gasteiger charge is -2.08. The number of unbranched alkanes of at least 4 members (excludes halogenated alkanes) is 7. The topological polar surface area (TPSA) is 46.2 Å². The first kappa shape index (κ1) is 14.9. The van der Waals surface area contributed by atoms with E-state index in [-0.39, 0.29) is 6.10 Å². The molecule has 0 aromatic heterocycles. The molecule has 0 heterocycles. The van der Waals surface area contributed by atoms with Gasteiger partial charge in [0.05, 0.1) is 6.10 Å². The molecule has 0 amide bonds. The molecule has 1 atom stereocenters. The Morgan fingerprint density at radius 1 is 0.867 bits per heavy atom. The summed E-state index contributed by atoms with van der Waals surface area (Å²) in [4.78, 5) is 0. The molecule has 2 heteroatoms. The van der Waals surface area contributed by atoms with Crippen LogP contribution in [0, 0.1) is 0 Å². The van der Waals surface area contributed by atoms with Crippen LogP contribution in [0.3, 0.4) is 0 Å². The summed E-state index contributed by atoms with van der Waals surface area (Å²) < 4.78 is 0. The summed E-state index contributed by atoms with van der Waals surface area (Å²) in [5.74, 6) is 0. The van der Waals surface area contributed by atoms with Gasteiger partial charge in [-0.3, -0.25) is 0 Å². The van der Waals surface area contributed by atoms with Crippen LogP contribution >= 0.6 is 0 Å². The lowest BCUT2D eigenvalue weighted by atomic mass is 10.0. The zero-order valence-electron chi connectivity index (χ0n) is 10.4. The van der Waals surface area contributed by atoms with Crippen LogP contribution in [0.4, 0.5) is 0 Å². The smallest absolute Gasteiger partial charge is 0.0552 e. The van der Waals surface area contributed by atoms with Gasteiger partial charge in [0.25, 0.3) is 0 Å². The molecule has 0 saturated heterocycles. The van der Waals surface area contributed by atoms with Crippen LogP contribution in [0.15, 0.2) is 0 Å². The molecule has 0 aromatic carbocycles. The molecule has 0 fully saturated rings. The van der Waals surface area contributed by atoms with Gasteiger partial charge in [0.1, 0.15) is 0 Å². The molecular formula is C13H29NO. The Morgan fingerprint density at radius 2 is 1.40 bits per heavy atom. The number of hydrogen-bond acceptors (Lipinski definition) is 2. The van der Waals surface area contributed by atoms with Gasteiger partial charge >= 0.3 is 0 Å². The molecule has 0 aliphatic carbocycles. The van der Waals surface area contributed by atoms with Crippen molar-refractivity contribution >= 4 is 0 Å². The van der Waals surface area contributed by atoms with Crippen LogP contribution in [0.5, 0.6) is 0 Å². The third-order valence-corrected chi connectivity index (χ3v) is 2.89. The second-order valence-electron chi connectivity index (χ2n) is 4.49. The molecule has 1 unspecified atom stereocenters. The second-order valence-corrected chi connectivity index (χ2v) is 4.49. The van der Waals surface area contributed by atoms with Crippen molar-refractivity contribution in [1.29, 1.82) is 0 Å². The molecule has 0 aromatic rings. The van der Waals surface area contributed by atoms with Gasteiger partial charge in [-0.05, 0) is 19.4 Å². The highest BCUT2D eigenvalue weighted by Crippen LogP contribution is 2.11. The van der Waals surface area contributed by atoms with E-state index in [1.54, 1.807) is 0 Å². The van der Waals surface area contributed by atoms with E-state index in [4.69, 9.17) is 5.73 Å². The molecule has 92 valence electrons. The highest BCUT2D eigenvalue weighted by molar-refractivity contribution is 4.56. The van der Waals surface area contributed by atoms with Crippen LogP contribution in [0.2, 0.25) is 0 Å². The van der Waals surface area contributed by atoms with Gasteiger partial charge < -0.3 is 10.8 Å². The lowest BCUT2D eigenvalue weighted by Crippen LogP contribution is -2.12. The zero-order valence-corrected chi connectivity index (χ0v) is 10.4. The molecule has 0 radical (unpaired) electrons. The van der Waals surface area contributed by atoms with Crippen molar-refractivity contribution in [3.05, 3.63) is 0 Å². The maximum atomic E-state index is 9.44. The van der Waals surface area contributed by atoms with E-state index in [1.807, 2.05) is 0 Å². The average molecular weight is 215 g/mol. The minimum atomic E-state index is -0.157. The highest BCUT2D eigenvalue weighted by Gasteiger charge is 2.01. The highest BCUT2D eigenvalue weighted by atomic mass is 16.3. The van der Waals surface area contributed by atoms with Gasteiger partial charge in [0.15, 0.2) is 0 Å². The van der Waals surface area contributed by atoms with Crippen molar-refractivity contribution in [3.63, 3.8) is 0 Å². The minimum Gasteiger partial charge on any atom is -0.393 e. The largest absolute Gasteiger partial charge is 0.393 e. The fourth-order valence-electron chi connectivity index (χ4n) is 1.85. The van der Waals surface area contributed by atoms with Crippen LogP contribution in [0.1, 0.15) is 71.1 Å². The Bertz CT molecular complexity index is 117. The van der Waals surface area contributed by atoms with Gasteiger partial charge in [0.2, 0.25) is 0 Å². The van der Waals surface area contributed by atoms with E-state index >= 15 is 0 Å². The molecule has 0 rings (SSSR count). The fraction of sp³-hybridized carbons (Fsp3) is 1.00. The Labute approximate surface area is 95.3 Å². The number of aliphatic hydroxyl groups excluding tert-OH is 1. The van der Waals surface area contributed by atoms with E-state index in [2.05, 4.69) is 6.92 Å². The van der Waals surface area contributed by atoms with Gasteiger partial charge in [-0.15, -0.1) is 0 Å². The first-order valence-electron chi connectivity index (χ1n) is 6.69. The summed E-state index contributed by atoms with van der Waals surface area (Å²) in [6, 6.07) is 0. The summed E-state index contributed by atoms with van der Waals surface area (Å²) in [7, 11) is 0. The Kier molecular flexibility index (Phi) is 11.9. The number of nitrogens with two attached hydrogens (primary N) is 1. The maximum absolute atomic E-state index is 9.44. The van der Waals surface area contributed by atoms with Crippen molar-refractivity contribution in [2.75, 3.05) is 6.54 Å². The fourth-order valence-corrected chi connectivity index (χ4v) is 1.85. The zero-order chi connectivity index (χ0) is 11.4. The molecule has 15 heavy (non-hydrogen) atoms. The first-order chi connectivity index (χ1) is 7.31. The summed E-state index contributed by atoms with van der Waals surface area (Å²) >= 11 is 0. The Morgan fingerprint density at radius 3 is 1.93 bits per heavy atom. The molecule has 0 spiro atoms. The average Bonchev–Trinajstić information content (AvgIpc) is 2.22. The van der Waals surface area contributed by atoms with Crippen LogP contribution < -0.4 is 5.73 Å². The Balaban J connectivity index is 2.98. The quantitative estimate of drug-likeness (QED) is 0.520. The van der Waals surface area contributed by atoms with E-state index in [1.165, 1.54) is 44.9 Å². The number of rotatable bonds is 11. The molecule has 2 nitrogen and oxygen atoms in total. The lowest BCUT2D eigenvalue weighted by molar-refractivity contribution is 0.153. The summed E-state index contributed by atoms with van der Waals surface area (Å²) in [6.07, 6.45) is 12.2. The van der Waals surface area contributed by atoms with E-state index in [0.29, 0.717) is 6.54 Å². The Hall–Kier alpha value is -0.0800. The molecule has 0 aliphatic heterocycles. The third-order valence-electron chi connectivity index (χ3n) is 2.89. The van der Waals surface area contributed by atoms with Gasteiger partial charge in [-0.2, -0.15) is 0 Å². The number of aliphatic hydroxyl groups is 1.